The highest BCUT2D eigenvalue weighted by atomic mass is 16.2. The van der Waals surface area contributed by atoms with Crippen molar-refractivity contribution in [3.05, 3.63) is 34.9 Å². The van der Waals surface area contributed by atoms with E-state index in [1.165, 1.54) is 4.90 Å². The Hall–Kier alpha value is -2.32. The lowest BCUT2D eigenvalue weighted by Gasteiger charge is -2.12. The summed E-state index contributed by atoms with van der Waals surface area (Å²) in [5.74, 6) is 4.85. The molecule has 106 valence electrons. The number of rotatable bonds is 3. The molecule has 1 aromatic rings. The second kappa shape index (κ2) is 7.31. The summed E-state index contributed by atoms with van der Waals surface area (Å²) in [6, 6.07) is 5.17. The maximum atomic E-state index is 12.0. The van der Waals surface area contributed by atoms with Crippen LogP contribution in [-0.4, -0.2) is 49.1 Å². The highest BCUT2D eigenvalue weighted by Crippen LogP contribution is 2.12. The van der Waals surface area contributed by atoms with E-state index < -0.39 is 0 Å². The molecule has 1 aromatic carbocycles. The molecule has 0 saturated carbocycles. The molecule has 0 aliphatic rings. The van der Waals surface area contributed by atoms with Crippen LogP contribution in [0.5, 0.6) is 0 Å². The summed E-state index contributed by atoms with van der Waals surface area (Å²) in [4.78, 5) is 24.9. The van der Waals surface area contributed by atoms with Gasteiger partial charge in [0, 0.05) is 25.2 Å². The first-order valence-corrected chi connectivity index (χ1v) is 6.15. The number of aliphatic hydroxyl groups excluding tert-OH is 1. The molecule has 0 aliphatic heterocycles. The number of aliphatic hydroxyl groups is 1. The van der Waals surface area contributed by atoms with Gasteiger partial charge in [-0.05, 0) is 24.6 Å². The average Bonchev–Trinajstić information content (AvgIpc) is 2.43. The van der Waals surface area contributed by atoms with Crippen LogP contribution in [0.15, 0.2) is 18.2 Å². The fourth-order valence-electron chi connectivity index (χ4n) is 1.56. The molecular formula is C15H18N2O3. The van der Waals surface area contributed by atoms with Gasteiger partial charge in [0.25, 0.3) is 5.91 Å². The van der Waals surface area contributed by atoms with E-state index in [0.717, 1.165) is 5.56 Å². The highest BCUT2D eigenvalue weighted by Gasteiger charge is 2.12. The van der Waals surface area contributed by atoms with Crippen LogP contribution in [0.2, 0.25) is 0 Å². The summed E-state index contributed by atoms with van der Waals surface area (Å²) >= 11 is 0. The molecule has 5 heteroatoms. The van der Waals surface area contributed by atoms with Crippen molar-refractivity contribution in [2.75, 3.05) is 27.2 Å². The molecule has 0 unspecified atom stereocenters. The summed E-state index contributed by atoms with van der Waals surface area (Å²) in [6.45, 7) is 1.51. The molecule has 0 spiro atoms. The van der Waals surface area contributed by atoms with E-state index in [2.05, 4.69) is 17.2 Å². The van der Waals surface area contributed by atoms with Gasteiger partial charge in [-0.25, -0.2) is 0 Å². The van der Waals surface area contributed by atoms with Gasteiger partial charge in [0.05, 0.1) is 6.54 Å². The second-order valence-corrected chi connectivity index (χ2v) is 4.41. The third-order valence-electron chi connectivity index (χ3n) is 2.78. The lowest BCUT2D eigenvalue weighted by Crippen LogP contribution is -2.36. The normalized spacial score (nSPS) is 9.40. The number of carbonyl (C=O) groups is 2. The molecule has 0 aromatic heterocycles. The molecule has 0 bridgehead atoms. The van der Waals surface area contributed by atoms with Crippen LogP contribution in [0.4, 0.5) is 0 Å². The Labute approximate surface area is 118 Å². The van der Waals surface area contributed by atoms with Crippen molar-refractivity contribution in [1.82, 2.24) is 10.2 Å². The van der Waals surface area contributed by atoms with E-state index in [-0.39, 0.29) is 25.0 Å². The van der Waals surface area contributed by atoms with Crippen LogP contribution in [0.3, 0.4) is 0 Å². The molecule has 0 atom stereocenters. The van der Waals surface area contributed by atoms with E-state index in [4.69, 9.17) is 5.11 Å². The Morgan fingerprint density at radius 1 is 1.35 bits per heavy atom. The number of hydrogen-bond donors (Lipinski definition) is 2. The van der Waals surface area contributed by atoms with Gasteiger partial charge in [0.2, 0.25) is 5.91 Å². The predicted octanol–water partition coefficient (Wildman–Crippen LogP) is 0.157. The van der Waals surface area contributed by atoms with Gasteiger partial charge >= 0.3 is 0 Å². The van der Waals surface area contributed by atoms with Crippen molar-refractivity contribution in [1.29, 1.82) is 0 Å². The van der Waals surface area contributed by atoms with Crippen LogP contribution < -0.4 is 5.32 Å². The first-order chi connectivity index (χ1) is 9.47. The number of carbonyl (C=O) groups excluding carboxylic acids is 2. The van der Waals surface area contributed by atoms with E-state index >= 15 is 0 Å². The summed E-state index contributed by atoms with van der Waals surface area (Å²) in [5.41, 5.74) is 1.88. The Kier molecular flexibility index (Phi) is 5.75. The van der Waals surface area contributed by atoms with Gasteiger partial charge in [0.15, 0.2) is 0 Å². The summed E-state index contributed by atoms with van der Waals surface area (Å²) < 4.78 is 0. The standard InChI is InChI=1S/C15H18N2O3/c1-11-12(7-5-9-18)6-4-8-13(11)15(20)16-10-14(19)17(2)3/h4,6,8,18H,9-10H2,1-3H3,(H,16,20). The molecule has 20 heavy (non-hydrogen) atoms. The van der Waals surface area contributed by atoms with Crippen LogP contribution in [0.25, 0.3) is 0 Å². The van der Waals surface area contributed by atoms with Crippen molar-refractivity contribution >= 4 is 11.8 Å². The minimum Gasteiger partial charge on any atom is -0.384 e. The third-order valence-corrected chi connectivity index (χ3v) is 2.78. The summed E-state index contributed by atoms with van der Waals surface area (Å²) in [7, 11) is 3.26. The first-order valence-electron chi connectivity index (χ1n) is 6.15. The highest BCUT2D eigenvalue weighted by molar-refractivity contribution is 5.98. The predicted molar refractivity (Wildman–Crippen MR) is 76.2 cm³/mol. The largest absolute Gasteiger partial charge is 0.384 e. The second-order valence-electron chi connectivity index (χ2n) is 4.41. The fourth-order valence-corrected chi connectivity index (χ4v) is 1.56. The number of likely N-dealkylation sites (N-methyl/N-ethyl adjacent to an activating group) is 1. The monoisotopic (exact) mass is 274 g/mol. The van der Waals surface area contributed by atoms with Crippen molar-refractivity contribution in [3.63, 3.8) is 0 Å². The zero-order valence-electron chi connectivity index (χ0n) is 11.9. The zero-order valence-corrected chi connectivity index (χ0v) is 11.9. The number of amides is 2. The van der Waals surface area contributed by atoms with Gasteiger partial charge in [-0.1, -0.05) is 17.9 Å². The number of hydrogen-bond acceptors (Lipinski definition) is 3. The molecular weight excluding hydrogens is 256 g/mol. The van der Waals surface area contributed by atoms with Crippen LogP contribution >= 0.6 is 0 Å². The number of nitrogens with zero attached hydrogens (tertiary/aromatic N) is 1. The maximum absolute atomic E-state index is 12.0. The smallest absolute Gasteiger partial charge is 0.252 e. The topological polar surface area (TPSA) is 69.6 Å². The van der Waals surface area contributed by atoms with Crippen molar-refractivity contribution < 1.29 is 14.7 Å². The van der Waals surface area contributed by atoms with Crippen molar-refractivity contribution in [2.24, 2.45) is 0 Å². The van der Waals surface area contributed by atoms with Gasteiger partial charge in [-0.15, -0.1) is 0 Å². The molecule has 1 rings (SSSR count). The van der Waals surface area contributed by atoms with Gasteiger partial charge in [0.1, 0.15) is 6.61 Å². The quantitative estimate of drug-likeness (QED) is 0.771. The van der Waals surface area contributed by atoms with Crippen LogP contribution in [-0.2, 0) is 4.79 Å². The van der Waals surface area contributed by atoms with E-state index in [1.54, 1.807) is 39.2 Å². The summed E-state index contributed by atoms with van der Waals surface area (Å²) in [5, 5.41) is 11.3. The Morgan fingerprint density at radius 2 is 2.05 bits per heavy atom. The minimum absolute atomic E-state index is 0.0438. The molecule has 2 N–H and O–H groups in total. The Bertz CT molecular complexity index is 568. The molecule has 0 radical (unpaired) electrons. The molecule has 0 heterocycles. The first kappa shape index (κ1) is 15.7. The molecule has 0 fully saturated rings. The van der Waals surface area contributed by atoms with Crippen LogP contribution in [0, 0.1) is 18.8 Å². The lowest BCUT2D eigenvalue weighted by atomic mass is 10.0. The SMILES string of the molecule is Cc1c(C#CCO)cccc1C(=O)NCC(=O)N(C)C. The Balaban J connectivity index is 2.86. The average molecular weight is 274 g/mol. The Morgan fingerprint density at radius 3 is 2.65 bits per heavy atom. The lowest BCUT2D eigenvalue weighted by molar-refractivity contribution is -0.127. The van der Waals surface area contributed by atoms with Crippen LogP contribution in [0.1, 0.15) is 21.5 Å². The molecule has 5 nitrogen and oxygen atoms in total. The number of nitrogens with one attached hydrogen (secondary N) is 1. The molecule has 0 aliphatic carbocycles. The van der Waals surface area contributed by atoms with Gasteiger partial charge in [-0.3, -0.25) is 9.59 Å². The van der Waals surface area contributed by atoms with Gasteiger partial charge in [-0.2, -0.15) is 0 Å². The maximum Gasteiger partial charge on any atom is 0.252 e. The minimum atomic E-state index is -0.314. The van der Waals surface area contributed by atoms with E-state index in [0.29, 0.717) is 11.1 Å². The van der Waals surface area contributed by atoms with Crippen molar-refractivity contribution in [3.8, 4) is 11.8 Å². The summed E-state index contributed by atoms with van der Waals surface area (Å²) in [6.07, 6.45) is 0. The van der Waals surface area contributed by atoms with Crippen molar-refractivity contribution in [2.45, 2.75) is 6.92 Å². The fraction of sp³-hybridized carbons (Fsp3) is 0.333. The zero-order chi connectivity index (χ0) is 15.1. The molecule has 0 saturated heterocycles. The third kappa shape index (κ3) is 4.11. The molecule has 2 amide bonds. The van der Waals surface area contributed by atoms with E-state index in [9.17, 15) is 9.59 Å². The number of benzene rings is 1. The van der Waals surface area contributed by atoms with E-state index in [1.807, 2.05) is 0 Å². The van der Waals surface area contributed by atoms with Gasteiger partial charge < -0.3 is 15.3 Å².